The Morgan fingerprint density at radius 3 is 1.96 bits per heavy atom. The molecule has 0 aliphatic heterocycles. The van der Waals surface area contributed by atoms with Gasteiger partial charge in [-0.05, 0) is 66.7 Å². The van der Waals surface area contributed by atoms with Gasteiger partial charge in [0, 0.05) is 17.1 Å². The maximum absolute atomic E-state index is 13.2. The van der Waals surface area contributed by atoms with Gasteiger partial charge in [0.25, 0.3) is 10.0 Å². The van der Waals surface area contributed by atoms with E-state index in [2.05, 4.69) is 10.0 Å². The van der Waals surface area contributed by atoms with Crippen molar-refractivity contribution in [3.8, 4) is 0 Å². The minimum Gasteiger partial charge on any atom is -0.355 e. The normalized spacial score (nSPS) is 11.2. The zero-order valence-electron chi connectivity index (χ0n) is 13.2. The van der Waals surface area contributed by atoms with Crippen LogP contribution in [0.1, 0.15) is 0 Å². The van der Waals surface area contributed by atoms with Crippen LogP contribution in [-0.4, -0.2) is 8.42 Å². The van der Waals surface area contributed by atoms with E-state index in [0.29, 0.717) is 17.1 Å². The van der Waals surface area contributed by atoms with E-state index in [0.717, 1.165) is 12.1 Å². The molecule has 0 radical (unpaired) electrons. The van der Waals surface area contributed by atoms with Crippen molar-refractivity contribution in [3.05, 3.63) is 83.4 Å². The minimum atomic E-state index is -3.81. The molecule has 0 spiro atoms. The van der Waals surface area contributed by atoms with Crippen LogP contribution in [0, 0.1) is 11.6 Å². The number of anilines is 3. The van der Waals surface area contributed by atoms with Crippen LogP contribution in [0.2, 0.25) is 5.02 Å². The van der Waals surface area contributed by atoms with Crippen molar-refractivity contribution < 1.29 is 17.2 Å². The number of sulfonamides is 1. The highest BCUT2D eigenvalue weighted by Gasteiger charge is 2.14. The first kappa shape index (κ1) is 18.2. The first-order chi connectivity index (χ1) is 12.3. The fourth-order valence-corrected chi connectivity index (χ4v) is 3.43. The van der Waals surface area contributed by atoms with Gasteiger partial charge in [-0.2, -0.15) is 0 Å². The van der Waals surface area contributed by atoms with Crippen molar-refractivity contribution in [3.63, 3.8) is 0 Å². The van der Waals surface area contributed by atoms with Crippen LogP contribution in [0.5, 0.6) is 0 Å². The number of hydrogen-bond acceptors (Lipinski definition) is 3. The summed E-state index contributed by atoms with van der Waals surface area (Å²) < 4.78 is 53.0. The lowest BCUT2D eigenvalue weighted by molar-refractivity contribution is 0.599. The molecular formula is C18H13ClF2N2O2S. The van der Waals surface area contributed by atoms with Gasteiger partial charge >= 0.3 is 0 Å². The first-order valence-corrected chi connectivity index (χ1v) is 9.30. The highest BCUT2D eigenvalue weighted by atomic mass is 35.5. The lowest BCUT2D eigenvalue weighted by Gasteiger charge is -2.10. The predicted molar refractivity (Wildman–Crippen MR) is 98.3 cm³/mol. The molecule has 0 fully saturated rings. The Hall–Kier alpha value is -2.64. The zero-order chi connectivity index (χ0) is 18.7. The number of rotatable bonds is 5. The van der Waals surface area contributed by atoms with E-state index in [9.17, 15) is 17.2 Å². The van der Waals surface area contributed by atoms with Crippen molar-refractivity contribution in [1.82, 2.24) is 0 Å². The molecule has 0 bridgehead atoms. The third-order valence-corrected chi connectivity index (χ3v) is 5.16. The Balaban J connectivity index is 1.73. The molecule has 26 heavy (non-hydrogen) atoms. The van der Waals surface area contributed by atoms with Crippen molar-refractivity contribution in [2.45, 2.75) is 4.90 Å². The topological polar surface area (TPSA) is 58.2 Å². The minimum absolute atomic E-state index is 0.00122. The fraction of sp³-hybridized carbons (Fsp3) is 0. The molecule has 2 N–H and O–H groups in total. The Morgan fingerprint density at radius 1 is 0.769 bits per heavy atom. The van der Waals surface area contributed by atoms with E-state index in [4.69, 9.17) is 11.6 Å². The van der Waals surface area contributed by atoms with Crippen LogP contribution < -0.4 is 10.0 Å². The second-order valence-electron chi connectivity index (χ2n) is 5.39. The molecule has 8 heteroatoms. The lowest BCUT2D eigenvalue weighted by atomic mass is 10.2. The van der Waals surface area contributed by atoms with Gasteiger partial charge < -0.3 is 5.32 Å². The average molecular weight is 395 g/mol. The molecular weight excluding hydrogens is 382 g/mol. The van der Waals surface area contributed by atoms with Gasteiger partial charge in [0.05, 0.1) is 9.92 Å². The molecule has 0 aliphatic rings. The standard InChI is InChI=1S/C18H13ClF2N2O2S/c19-17-11-15(7-10-18(17)21)22-13-3-5-14(6-4-13)23-26(24,25)16-8-1-12(20)2-9-16/h1-11,22-23H. The molecule has 0 unspecified atom stereocenters. The molecule has 3 aromatic rings. The summed E-state index contributed by atoms with van der Waals surface area (Å²) in [5, 5.41) is 3.03. The number of hydrogen-bond donors (Lipinski definition) is 2. The fourth-order valence-electron chi connectivity index (χ4n) is 2.19. The predicted octanol–water partition coefficient (Wildman–Crippen LogP) is 5.16. The van der Waals surface area contributed by atoms with Gasteiger partial charge in [-0.3, -0.25) is 4.72 Å². The molecule has 3 aromatic carbocycles. The SMILES string of the molecule is O=S(=O)(Nc1ccc(Nc2ccc(F)c(Cl)c2)cc1)c1ccc(F)cc1. The largest absolute Gasteiger partial charge is 0.355 e. The maximum atomic E-state index is 13.2. The van der Waals surface area contributed by atoms with Crippen molar-refractivity contribution in [1.29, 1.82) is 0 Å². The quantitative estimate of drug-likeness (QED) is 0.628. The van der Waals surface area contributed by atoms with E-state index < -0.39 is 21.7 Å². The number of benzene rings is 3. The molecule has 0 amide bonds. The van der Waals surface area contributed by atoms with Crippen LogP contribution in [0.4, 0.5) is 25.8 Å². The highest BCUT2D eigenvalue weighted by molar-refractivity contribution is 7.92. The van der Waals surface area contributed by atoms with Gasteiger partial charge in [0.1, 0.15) is 11.6 Å². The summed E-state index contributed by atoms with van der Waals surface area (Å²) in [6, 6.07) is 15.2. The smallest absolute Gasteiger partial charge is 0.261 e. The van der Waals surface area contributed by atoms with Gasteiger partial charge in [-0.25, -0.2) is 17.2 Å². The van der Waals surface area contributed by atoms with E-state index in [1.165, 1.54) is 30.3 Å². The third kappa shape index (κ3) is 4.30. The Bertz CT molecular complexity index is 1020. The van der Waals surface area contributed by atoms with Crippen molar-refractivity contribution in [2.75, 3.05) is 10.0 Å². The van der Waals surface area contributed by atoms with E-state index in [1.54, 1.807) is 24.3 Å². The first-order valence-electron chi connectivity index (χ1n) is 7.44. The monoisotopic (exact) mass is 394 g/mol. The summed E-state index contributed by atoms with van der Waals surface area (Å²) in [5.41, 5.74) is 1.60. The van der Waals surface area contributed by atoms with Crippen LogP contribution >= 0.6 is 11.6 Å². The molecule has 0 saturated heterocycles. The van der Waals surface area contributed by atoms with E-state index in [-0.39, 0.29) is 9.92 Å². The lowest BCUT2D eigenvalue weighted by Crippen LogP contribution is -2.12. The summed E-state index contributed by atoms with van der Waals surface area (Å²) >= 11 is 5.73. The molecule has 4 nitrogen and oxygen atoms in total. The molecule has 134 valence electrons. The van der Waals surface area contributed by atoms with Crippen molar-refractivity contribution in [2.24, 2.45) is 0 Å². The molecule has 0 aromatic heterocycles. The summed E-state index contributed by atoms with van der Waals surface area (Å²) in [6.07, 6.45) is 0. The number of halogens is 3. The van der Waals surface area contributed by atoms with Crippen LogP contribution in [0.15, 0.2) is 71.6 Å². The Labute approximate surface area is 154 Å². The summed E-state index contributed by atoms with van der Waals surface area (Å²) in [7, 11) is -3.81. The number of nitrogens with one attached hydrogen (secondary N) is 2. The highest BCUT2D eigenvalue weighted by Crippen LogP contribution is 2.24. The van der Waals surface area contributed by atoms with Gasteiger partial charge in [-0.1, -0.05) is 11.6 Å². The van der Waals surface area contributed by atoms with Crippen LogP contribution in [-0.2, 0) is 10.0 Å². The Morgan fingerprint density at radius 2 is 1.35 bits per heavy atom. The Kier molecular flexibility index (Phi) is 5.11. The molecule has 0 saturated carbocycles. The maximum Gasteiger partial charge on any atom is 0.261 e. The summed E-state index contributed by atoms with van der Waals surface area (Å²) in [4.78, 5) is -0.0398. The van der Waals surface area contributed by atoms with Crippen LogP contribution in [0.25, 0.3) is 0 Å². The van der Waals surface area contributed by atoms with Gasteiger partial charge in [0.2, 0.25) is 0 Å². The molecule has 3 rings (SSSR count). The summed E-state index contributed by atoms with van der Waals surface area (Å²) in [5.74, 6) is -1.02. The van der Waals surface area contributed by atoms with Gasteiger partial charge in [0.15, 0.2) is 0 Å². The third-order valence-electron chi connectivity index (χ3n) is 3.47. The van der Waals surface area contributed by atoms with Crippen molar-refractivity contribution >= 4 is 38.7 Å². The molecule has 0 heterocycles. The zero-order valence-corrected chi connectivity index (χ0v) is 14.8. The van der Waals surface area contributed by atoms with E-state index in [1.807, 2.05) is 0 Å². The van der Waals surface area contributed by atoms with E-state index >= 15 is 0 Å². The second-order valence-corrected chi connectivity index (χ2v) is 7.48. The second kappa shape index (κ2) is 7.31. The average Bonchev–Trinajstić information content (AvgIpc) is 2.60. The molecule has 0 aliphatic carbocycles. The van der Waals surface area contributed by atoms with Gasteiger partial charge in [-0.15, -0.1) is 0 Å². The summed E-state index contributed by atoms with van der Waals surface area (Å²) in [6.45, 7) is 0. The van der Waals surface area contributed by atoms with Crippen LogP contribution in [0.3, 0.4) is 0 Å². The molecule has 0 atom stereocenters.